The average molecular weight is 301 g/mol. The lowest BCUT2D eigenvalue weighted by Gasteiger charge is -2.02. The number of amides is 1. The predicted molar refractivity (Wildman–Crippen MR) is 92.9 cm³/mol. The smallest absolute Gasteiger partial charge is 0.291 e. The molecule has 3 aromatic carbocycles. The summed E-state index contributed by atoms with van der Waals surface area (Å²) in [7, 11) is 0. The summed E-state index contributed by atoms with van der Waals surface area (Å²) in [5.41, 5.74) is 2.63. The van der Waals surface area contributed by atoms with Crippen LogP contribution in [0, 0.1) is 6.92 Å². The molecule has 0 aliphatic rings. The number of nitrogens with one attached hydrogen (secondary N) is 1. The van der Waals surface area contributed by atoms with Gasteiger partial charge >= 0.3 is 0 Å². The number of rotatable bonds is 2. The fraction of sp³-hybridized carbons (Fsp3) is 0.0500. The maximum absolute atomic E-state index is 12.4. The second kappa shape index (κ2) is 5.29. The normalized spacial score (nSPS) is 11.0. The highest BCUT2D eigenvalue weighted by atomic mass is 16.3. The Morgan fingerprint density at radius 1 is 0.913 bits per heavy atom. The van der Waals surface area contributed by atoms with Crippen LogP contribution in [0.4, 0.5) is 5.69 Å². The molecule has 1 N–H and O–H groups in total. The molecule has 0 unspecified atom stereocenters. The zero-order chi connectivity index (χ0) is 15.8. The quantitative estimate of drug-likeness (QED) is 0.556. The molecular weight excluding hydrogens is 286 g/mol. The Bertz CT molecular complexity index is 1010. The molecule has 4 rings (SSSR count). The Kier molecular flexibility index (Phi) is 3.12. The third kappa shape index (κ3) is 2.46. The van der Waals surface area contributed by atoms with E-state index in [1.54, 1.807) is 6.07 Å². The average Bonchev–Trinajstić information content (AvgIpc) is 3.02. The first kappa shape index (κ1) is 13.6. The molecule has 0 saturated carbocycles. The Labute approximate surface area is 133 Å². The second-order valence-electron chi connectivity index (χ2n) is 5.63. The Morgan fingerprint density at radius 2 is 1.70 bits per heavy atom. The molecule has 3 nitrogen and oxygen atoms in total. The third-order valence-corrected chi connectivity index (χ3v) is 3.96. The SMILES string of the molecule is Cc1ccc(NC(=O)c2cc3c(ccc4ccccc43)o2)cc1. The number of aryl methyl sites for hydroxylation is 1. The van der Waals surface area contributed by atoms with E-state index < -0.39 is 0 Å². The van der Waals surface area contributed by atoms with E-state index in [-0.39, 0.29) is 5.91 Å². The van der Waals surface area contributed by atoms with Crippen LogP contribution in [0.1, 0.15) is 16.1 Å². The zero-order valence-corrected chi connectivity index (χ0v) is 12.7. The standard InChI is InChI=1S/C20H15NO2/c1-13-6-9-15(10-7-13)21-20(22)19-12-17-16-5-3-2-4-14(16)8-11-18(17)23-19/h2-12H,1H3,(H,21,22). The maximum atomic E-state index is 12.4. The molecule has 0 aliphatic carbocycles. The van der Waals surface area contributed by atoms with Gasteiger partial charge in [-0.25, -0.2) is 0 Å². The van der Waals surface area contributed by atoms with E-state index in [1.807, 2.05) is 67.6 Å². The van der Waals surface area contributed by atoms with E-state index in [1.165, 1.54) is 0 Å². The third-order valence-electron chi connectivity index (χ3n) is 3.96. The highest BCUT2D eigenvalue weighted by Gasteiger charge is 2.14. The van der Waals surface area contributed by atoms with E-state index in [2.05, 4.69) is 5.32 Å². The van der Waals surface area contributed by atoms with Crippen molar-refractivity contribution in [2.75, 3.05) is 5.32 Å². The van der Waals surface area contributed by atoms with Gasteiger partial charge < -0.3 is 9.73 Å². The molecule has 112 valence electrons. The van der Waals surface area contributed by atoms with Crippen LogP contribution in [0.5, 0.6) is 0 Å². The molecule has 0 saturated heterocycles. The van der Waals surface area contributed by atoms with Crippen molar-refractivity contribution >= 4 is 33.3 Å². The number of fused-ring (bicyclic) bond motifs is 3. The van der Waals surface area contributed by atoms with Gasteiger partial charge in [0.05, 0.1) is 0 Å². The number of carbonyl (C=O) groups is 1. The van der Waals surface area contributed by atoms with Gasteiger partial charge in [0, 0.05) is 11.1 Å². The minimum atomic E-state index is -0.242. The monoisotopic (exact) mass is 301 g/mol. The van der Waals surface area contributed by atoms with Crippen molar-refractivity contribution in [2.45, 2.75) is 6.92 Å². The van der Waals surface area contributed by atoms with Crippen LogP contribution in [0.25, 0.3) is 21.7 Å². The first-order chi connectivity index (χ1) is 11.2. The molecule has 0 spiro atoms. The van der Waals surface area contributed by atoms with Crippen molar-refractivity contribution in [3.05, 3.63) is 78.1 Å². The number of hydrogen-bond donors (Lipinski definition) is 1. The van der Waals surface area contributed by atoms with E-state index in [0.29, 0.717) is 5.76 Å². The van der Waals surface area contributed by atoms with Gasteiger partial charge in [0.1, 0.15) is 5.58 Å². The van der Waals surface area contributed by atoms with Crippen molar-refractivity contribution in [3.63, 3.8) is 0 Å². The van der Waals surface area contributed by atoms with Crippen molar-refractivity contribution in [1.29, 1.82) is 0 Å². The molecule has 4 aromatic rings. The van der Waals surface area contributed by atoms with Crippen LogP contribution >= 0.6 is 0 Å². The van der Waals surface area contributed by atoms with Gasteiger partial charge in [-0.2, -0.15) is 0 Å². The topological polar surface area (TPSA) is 42.2 Å². The maximum Gasteiger partial charge on any atom is 0.291 e. The molecule has 3 heteroatoms. The number of carbonyl (C=O) groups excluding carboxylic acids is 1. The first-order valence-corrected chi connectivity index (χ1v) is 7.50. The molecule has 0 radical (unpaired) electrons. The van der Waals surface area contributed by atoms with Gasteiger partial charge in [-0.05, 0) is 42.0 Å². The predicted octanol–water partition coefficient (Wildman–Crippen LogP) is 5.15. The lowest BCUT2D eigenvalue weighted by atomic mass is 10.1. The Balaban J connectivity index is 1.72. The lowest BCUT2D eigenvalue weighted by Crippen LogP contribution is -2.10. The summed E-state index contributed by atoms with van der Waals surface area (Å²) < 4.78 is 5.72. The van der Waals surface area contributed by atoms with Crippen LogP contribution in [0.2, 0.25) is 0 Å². The Hall–Kier alpha value is -3.07. The summed E-state index contributed by atoms with van der Waals surface area (Å²) in [6.45, 7) is 2.01. The van der Waals surface area contributed by atoms with Crippen molar-refractivity contribution < 1.29 is 9.21 Å². The summed E-state index contributed by atoms with van der Waals surface area (Å²) in [5, 5.41) is 6.03. The fourth-order valence-electron chi connectivity index (χ4n) is 2.73. The lowest BCUT2D eigenvalue weighted by molar-refractivity contribution is 0.0998. The number of benzene rings is 3. The first-order valence-electron chi connectivity index (χ1n) is 7.50. The van der Waals surface area contributed by atoms with Gasteiger partial charge in [0.2, 0.25) is 0 Å². The van der Waals surface area contributed by atoms with Crippen molar-refractivity contribution in [1.82, 2.24) is 0 Å². The minimum Gasteiger partial charge on any atom is -0.451 e. The number of anilines is 1. The minimum absolute atomic E-state index is 0.242. The van der Waals surface area contributed by atoms with Gasteiger partial charge in [-0.1, -0.05) is 48.0 Å². The molecule has 1 amide bonds. The van der Waals surface area contributed by atoms with Crippen LogP contribution in [0.3, 0.4) is 0 Å². The fourth-order valence-corrected chi connectivity index (χ4v) is 2.73. The zero-order valence-electron chi connectivity index (χ0n) is 12.7. The van der Waals surface area contributed by atoms with Gasteiger partial charge in [-0.15, -0.1) is 0 Å². The summed E-state index contributed by atoms with van der Waals surface area (Å²) >= 11 is 0. The van der Waals surface area contributed by atoms with Gasteiger partial charge in [0.15, 0.2) is 5.76 Å². The summed E-state index contributed by atoms with van der Waals surface area (Å²) in [4.78, 5) is 12.4. The Morgan fingerprint density at radius 3 is 2.52 bits per heavy atom. The molecule has 0 atom stereocenters. The van der Waals surface area contributed by atoms with Crippen LogP contribution in [-0.4, -0.2) is 5.91 Å². The molecular formula is C20H15NO2. The summed E-state index contributed by atoms with van der Waals surface area (Å²) in [6.07, 6.45) is 0. The molecule has 0 bridgehead atoms. The molecule has 0 fully saturated rings. The van der Waals surface area contributed by atoms with E-state index >= 15 is 0 Å². The number of hydrogen-bond acceptors (Lipinski definition) is 2. The molecule has 23 heavy (non-hydrogen) atoms. The van der Waals surface area contributed by atoms with Crippen LogP contribution in [-0.2, 0) is 0 Å². The van der Waals surface area contributed by atoms with Crippen molar-refractivity contribution in [2.24, 2.45) is 0 Å². The van der Waals surface area contributed by atoms with Crippen LogP contribution in [0.15, 0.2) is 71.1 Å². The summed E-state index contributed by atoms with van der Waals surface area (Å²) in [6, 6.07) is 21.5. The number of furan rings is 1. The van der Waals surface area contributed by atoms with E-state index in [4.69, 9.17) is 4.42 Å². The highest BCUT2D eigenvalue weighted by Crippen LogP contribution is 2.28. The molecule has 1 aromatic heterocycles. The van der Waals surface area contributed by atoms with E-state index in [0.717, 1.165) is 33.0 Å². The second-order valence-corrected chi connectivity index (χ2v) is 5.63. The van der Waals surface area contributed by atoms with Crippen LogP contribution < -0.4 is 5.32 Å². The largest absolute Gasteiger partial charge is 0.451 e. The van der Waals surface area contributed by atoms with Gasteiger partial charge in [-0.3, -0.25) is 4.79 Å². The van der Waals surface area contributed by atoms with Crippen molar-refractivity contribution in [3.8, 4) is 0 Å². The highest BCUT2D eigenvalue weighted by molar-refractivity contribution is 6.10. The molecule has 0 aliphatic heterocycles. The van der Waals surface area contributed by atoms with E-state index in [9.17, 15) is 4.79 Å². The summed E-state index contributed by atoms with van der Waals surface area (Å²) in [5.74, 6) is 0.0751. The molecule has 1 heterocycles. The van der Waals surface area contributed by atoms with Gasteiger partial charge in [0.25, 0.3) is 5.91 Å².